The van der Waals surface area contributed by atoms with Gasteiger partial charge in [-0.1, -0.05) is 0 Å². The Morgan fingerprint density at radius 1 is 1.42 bits per heavy atom. The quantitative estimate of drug-likeness (QED) is 0.547. The molecule has 1 unspecified atom stereocenters. The van der Waals surface area contributed by atoms with Gasteiger partial charge in [0.05, 0.1) is 0 Å². The van der Waals surface area contributed by atoms with Crippen LogP contribution in [-0.4, -0.2) is 11.1 Å². The van der Waals surface area contributed by atoms with Gasteiger partial charge >= 0.3 is 0 Å². The first-order valence-electron chi connectivity index (χ1n) is 4.41. The molecule has 1 aromatic heterocycles. The number of nitrogens with zero attached hydrogens (tertiary/aromatic N) is 1. The smallest absolute Gasteiger partial charge is 0.0359 e. The molecule has 0 amide bonds. The summed E-state index contributed by atoms with van der Waals surface area (Å²) < 4.78 is 2.17. The van der Waals surface area contributed by atoms with Crippen LogP contribution in [0.2, 0.25) is 0 Å². The predicted molar refractivity (Wildman–Crippen MR) is 56.1 cm³/mol. The largest absolute Gasteiger partial charge is 0.350 e. The van der Waals surface area contributed by atoms with Gasteiger partial charge in [-0.2, -0.15) is 0 Å². The first kappa shape index (κ1) is 9.76. The molecule has 12 heavy (non-hydrogen) atoms. The monoisotopic (exact) mass is 184 g/mol. The molecule has 0 fully saturated rings. The van der Waals surface area contributed by atoms with Gasteiger partial charge in [0.1, 0.15) is 0 Å². The van der Waals surface area contributed by atoms with Crippen LogP contribution >= 0.6 is 9.24 Å². The molecule has 3 heteroatoms. The Balaban J connectivity index is 2.31. The van der Waals surface area contributed by atoms with Crippen molar-refractivity contribution >= 4 is 9.24 Å². The van der Waals surface area contributed by atoms with Crippen LogP contribution in [-0.2, 0) is 12.7 Å². The summed E-state index contributed by atoms with van der Waals surface area (Å²) in [5.74, 6) is 0. The van der Waals surface area contributed by atoms with Gasteiger partial charge in [0, 0.05) is 18.7 Å². The van der Waals surface area contributed by atoms with Gasteiger partial charge in [0.15, 0.2) is 0 Å². The van der Waals surface area contributed by atoms with E-state index in [9.17, 15) is 0 Å². The third-order valence-corrected chi connectivity index (χ3v) is 2.36. The Kier molecular flexibility index (Phi) is 4.34. The third kappa shape index (κ3) is 2.96. The number of nitrogens with two attached hydrogens (primary N) is 1. The first-order valence-corrected chi connectivity index (χ1v) is 5.23. The maximum Gasteiger partial charge on any atom is 0.0359 e. The Labute approximate surface area is 76.3 Å². The highest BCUT2D eigenvalue weighted by Crippen LogP contribution is 2.06. The molecule has 1 aromatic rings. The van der Waals surface area contributed by atoms with E-state index in [1.54, 1.807) is 0 Å². The highest BCUT2D eigenvalue weighted by molar-refractivity contribution is 7.15. The van der Waals surface area contributed by atoms with Crippen molar-refractivity contribution in [1.29, 1.82) is 0 Å². The van der Waals surface area contributed by atoms with Gasteiger partial charge in [0.2, 0.25) is 0 Å². The van der Waals surface area contributed by atoms with E-state index in [0.717, 1.165) is 25.7 Å². The minimum atomic E-state index is 0.810. The van der Waals surface area contributed by atoms with Crippen molar-refractivity contribution in [1.82, 2.24) is 4.57 Å². The minimum absolute atomic E-state index is 0.810. The molecule has 0 radical (unpaired) electrons. The molecule has 1 rings (SSSR count). The number of rotatable bonds is 5. The van der Waals surface area contributed by atoms with E-state index in [1.165, 1.54) is 12.0 Å². The molecule has 0 saturated carbocycles. The van der Waals surface area contributed by atoms with E-state index < -0.39 is 0 Å². The summed E-state index contributed by atoms with van der Waals surface area (Å²) in [4.78, 5) is 0. The van der Waals surface area contributed by atoms with Crippen molar-refractivity contribution in [3.8, 4) is 0 Å². The molecule has 1 heterocycles. The lowest BCUT2D eigenvalue weighted by molar-refractivity contribution is 0.743. The molecule has 0 spiro atoms. The summed E-state index contributed by atoms with van der Waals surface area (Å²) in [6.45, 7) is 0.810. The molecule has 0 aliphatic carbocycles. The SMILES string of the molecule is NCCCCc1ccn(CP)c1. The van der Waals surface area contributed by atoms with Crippen LogP contribution in [0.4, 0.5) is 0 Å². The lowest BCUT2D eigenvalue weighted by Crippen LogP contribution is -1.98. The topological polar surface area (TPSA) is 30.9 Å². The number of aromatic nitrogens is 1. The molecule has 1 atom stereocenters. The minimum Gasteiger partial charge on any atom is -0.350 e. The summed E-state index contributed by atoms with van der Waals surface area (Å²) in [5, 5.41) is 0. The van der Waals surface area contributed by atoms with Crippen molar-refractivity contribution in [3.63, 3.8) is 0 Å². The van der Waals surface area contributed by atoms with E-state index in [1.807, 2.05) is 0 Å². The third-order valence-electron chi connectivity index (χ3n) is 1.94. The van der Waals surface area contributed by atoms with Crippen LogP contribution in [0.15, 0.2) is 18.5 Å². The molecule has 0 aliphatic heterocycles. The molecular weight excluding hydrogens is 167 g/mol. The van der Waals surface area contributed by atoms with Crippen LogP contribution in [0.1, 0.15) is 18.4 Å². The molecular formula is C9H17N2P. The Hall–Kier alpha value is -0.330. The van der Waals surface area contributed by atoms with Crippen molar-refractivity contribution in [2.24, 2.45) is 5.73 Å². The maximum absolute atomic E-state index is 5.42. The molecule has 68 valence electrons. The standard InChI is InChI=1S/C9H17N2P/c10-5-2-1-3-9-4-6-11(7-9)8-12/h4,6-7H,1-3,5,8,10,12H2. The van der Waals surface area contributed by atoms with Crippen LogP contribution in [0.3, 0.4) is 0 Å². The van der Waals surface area contributed by atoms with Gasteiger partial charge in [-0.15, -0.1) is 9.24 Å². The zero-order chi connectivity index (χ0) is 8.81. The van der Waals surface area contributed by atoms with E-state index in [-0.39, 0.29) is 0 Å². The lowest BCUT2D eigenvalue weighted by atomic mass is 10.1. The highest BCUT2D eigenvalue weighted by atomic mass is 31.0. The Morgan fingerprint density at radius 2 is 2.25 bits per heavy atom. The molecule has 2 nitrogen and oxygen atoms in total. The summed E-state index contributed by atoms with van der Waals surface area (Å²) in [5.41, 5.74) is 6.84. The Morgan fingerprint density at radius 3 is 2.83 bits per heavy atom. The maximum atomic E-state index is 5.42. The van der Waals surface area contributed by atoms with Crippen molar-refractivity contribution in [3.05, 3.63) is 24.0 Å². The summed E-state index contributed by atoms with van der Waals surface area (Å²) in [6.07, 6.45) is 8.80. The van der Waals surface area contributed by atoms with Gasteiger partial charge in [-0.25, -0.2) is 0 Å². The van der Waals surface area contributed by atoms with Crippen molar-refractivity contribution in [2.45, 2.75) is 25.5 Å². The number of hydrogen-bond donors (Lipinski definition) is 1. The number of aryl methyl sites for hydroxylation is 1. The molecule has 2 N–H and O–H groups in total. The molecule has 0 saturated heterocycles. The average Bonchev–Trinajstić information content (AvgIpc) is 2.53. The van der Waals surface area contributed by atoms with Gasteiger partial charge < -0.3 is 10.3 Å². The van der Waals surface area contributed by atoms with Crippen LogP contribution in [0.5, 0.6) is 0 Å². The van der Waals surface area contributed by atoms with Gasteiger partial charge in [-0.05, 0) is 37.4 Å². The zero-order valence-electron chi connectivity index (χ0n) is 7.37. The fourth-order valence-corrected chi connectivity index (χ4v) is 1.45. The first-order chi connectivity index (χ1) is 5.86. The fraction of sp³-hybridized carbons (Fsp3) is 0.556. The second kappa shape index (κ2) is 5.34. The van der Waals surface area contributed by atoms with E-state index in [0.29, 0.717) is 0 Å². The van der Waals surface area contributed by atoms with Crippen molar-refractivity contribution in [2.75, 3.05) is 6.54 Å². The van der Waals surface area contributed by atoms with Gasteiger partial charge in [-0.3, -0.25) is 0 Å². The van der Waals surface area contributed by atoms with Gasteiger partial charge in [0.25, 0.3) is 0 Å². The normalized spacial score (nSPS) is 10.5. The summed E-state index contributed by atoms with van der Waals surface area (Å²) in [7, 11) is 2.71. The predicted octanol–water partition coefficient (Wildman–Crippen LogP) is 1.60. The highest BCUT2D eigenvalue weighted by Gasteiger charge is 1.94. The van der Waals surface area contributed by atoms with Crippen molar-refractivity contribution < 1.29 is 0 Å². The van der Waals surface area contributed by atoms with E-state index in [4.69, 9.17) is 5.73 Å². The molecule has 0 aromatic carbocycles. The summed E-state index contributed by atoms with van der Waals surface area (Å²) in [6, 6.07) is 2.18. The lowest BCUT2D eigenvalue weighted by Gasteiger charge is -1.96. The fourth-order valence-electron chi connectivity index (χ4n) is 1.23. The van der Waals surface area contributed by atoms with Crippen LogP contribution < -0.4 is 5.73 Å². The average molecular weight is 184 g/mol. The van der Waals surface area contributed by atoms with Crippen LogP contribution in [0, 0.1) is 0 Å². The van der Waals surface area contributed by atoms with E-state index >= 15 is 0 Å². The zero-order valence-corrected chi connectivity index (χ0v) is 8.52. The second-order valence-electron chi connectivity index (χ2n) is 2.96. The van der Waals surface area contributed by atoms with Crippen LogP contribution in [0.25, 0.3) is 0 Å². The Bertz CT molecular complexity index is 220. The van der Waals surface area contributed by atoms with E-state index in [2.05, 4.69) is 32.3 Å². The molecule has 0 bridgehead atoms. The second-order valence-corrected chi connectivity index (χ2v) is 3.33. The summed E-state index contributed by atoms with van der Waals surface area (Å²) >= 11 is 0. The number of unbranched alkanes of at least 4 members (excludes halogenated alkanes) is 1. The number of hydrogen-bond acceptors (Lipinski definition) is 1. The molecule has 0 aliphatic rings.